The van der Waals surface area contributed by atoms with Gasteiger partial charge in [0.2, 0.25) is 0 Å². The van der Waals surface area contributed by atoms with Gasteiger partial charge in [-0.15, -0.1) is 0 Å². The van der Waals surface area contributed by atoms with Gasteiger partial charge in [-0.25, -0.2) is 0 Å². The average Bonchev–Trinajstić information content (AvgIpc) is 2.80. The van der Waals surface area contributed by atoms with E-state index in [4.69, 9.17) is 24.4 Å². The van der Waals surface area contributed by atoms with Crippen molar-refractivity contribution in [1.29, 1.82) is 0 Å². The lowest BCUT2D eigenvalue weighted by Crippen LogP contribution is -2.40. The first-order valence-electron chi connectivity index (χ1n) is 11.7. The van der Waals surface area contributed by atoms with Gasteiger partial charge in [-0.1, -0.05) is 12.8 Å². The van der Waals surface area contributed by atoms with Gasteiger partial charge < -0.3 is 20.4 Å². The van der Waals surface area contributed by atoms with Crippen molar-refractivity contribution in [3.63, 3.8) is 0 Å². The molecule has 0 spiro atoms. The maximum Gasteiger partial charge on any atom is 0.187 e. The van der Waals surface area contributed by atoms with Crippen molar-refractivity contribution < 1.29 is 0 Å². The minimum Gasteiger partial charge on any atom is -0.361 e. The Labute approximate surface area is 198 Å². The molecule has 2 fully saturated rings. The number of nitrogens with zero attached hydrogens (tertiary/aromatic N) is 4. The Kier molecular flexibility index (Phi) is 12.9. The first-order chi connectivity index (χ1) is 15.0. The number of piperidine rings is 2. The van der Waals surface area contributed by atoms with Crippen molar-refractivity contribution >= 4 is 46.1 Å². The lowest BCUT2D eigenvalue weighted by Gasteiger charge is -2.26. The summed E-state index contributed by atoms with van der Waals surface area (Å²) in [6.07, 6.45) is 9.07. The summed E-state index contributed by atoms with van der Waals surface area (Å²) in [7, 11) is 0. The van der Waals surface area contributed by atoms with Crippen LogP contribution in [0.25, 0.3) is 0 Å². The van der Waals surface area contributed by atoms with Crippen LogP contribution in [0.4, 0.5) is 0 Å². The van der Waals surface area contributed by atoms with Crippen LogP contribution >= 0.6 is 24.4 Å². The molecule has 0 bridgehead atoms. The Morgan fingerprint density at radius 1 is 0.677 bits per heavy atom. The molecule has 0 aromatic heterocycles. The molecule has 2 heterocycles. The van der Waals surface area contributed by atoms with Gasteiger partial charge in [-0.3, -0.25) is 10.9 Å². The molecule has 2 saturated heterocycles. The highest BCUT2D eigenvalue weighted by Crippen LogP contribution is 2.08. The SMILES string of the molecule is CC(=N/NC(=S)NCCCN1CCCCC1)/C(C)=N\NC(=S)NCCN1CCCCC1. The average molecular weight is 469 g/mol. The smallest absolute Gasteiger partial charge is 0.187 e. The molecule has 2 aliphatic rings. The van der Waals surface area contributed by atoms with Crippen molar-refractivity contribution in [2.24, 2.45) is 10.2 Å². The molecule has 0 amide bonds. The molecule has 2 aliphatic heterocycles. The molecule has 2 rings (SSSR count). The van der Waals surface area contributed by atoms with Gasteiger partial charge in [-0.05, 0) is 103 Å². The molecule has 0 radical (unpaired) electrons. The molecule has 10 heteroatoms. The molecule has 4 N–H and O–H groups in total. The predicted molar refractivity (Wildman–Crippen MR) is 139 cm³/mol. The topological polar surface area (TPSA) is 79.3 Å². The van der Waals surface area contributed by atoms with Crippen molar-refractivity contribution in [2.75, 3.05) is 52.4 Å². The summed E-state index contributed by atoms with van der Waals surface area (Å²) in [5, 5.41) is 16.1. The lowest BCUT2D eigenvalue weighted by molar-refractivity contribution is 0.227. The van der Waals surface area contributed by atoms with Crippen molar-refractivity contribution in [3.8, 4) is 0 Å². The van der Waals surface area contributed by atoms with Crippen LogP contribution in [-0.4, -0.2) is 83.8 Å². The standard InChI is InChI=1S/C21H40N8S2/c1-18(24-26-20(30)22-10-9-16-28-12-5-3-6-13-28)19(2)25-27-21(31)23-11-17-29-14-7-4-8-15-29/h3-17H2,1-2H3,(H2,22,26,30)(H2,23,27,31)/b24-18-,25-19-. The Hall–Kier alpha value is -1.36. The van der Waals surface area contributed by atoms with E-state index < -0.39 is 0 Å². The second kappa shape index (κ2) is 15.4. The zero-order chi connectivity index (χ0) is 22.3. The van der Waals surface area contributed by atoms with E-state index in [2.05, 4.69) is 41.5 Å². The van der Waals surface area contributed by atoms with Crippen molar-refractivity contribution in [2.45, 2.75) is 58.8 Å². The number of rotatable bonds is 10. The van der Waals surface area contributed by atoms with Gasteiger partial charge in [0, 0.05) is 19.6 Å². The van der Waals surface area contributed by atoms with Gasteiger partial charge >= 0.3 is 0 Å². The number of hydrazone groups is 2. The molecule has 8 nitrogen and oxygen atoms in total. The third-order valence-corrected chi connectivity index (χ3v) is 6.19. The van der Waals surface area contributed by atoms with E-state index in [1.54, 1.807) is 0 Å². The fourth-order valence-electron chi connectivity index (χ4n) is 3.71. The minimum absolute atomic E-state index is 0.531. The summed E-state index contributed by atoms with van der Waals surface area (Å²) < 4.78 is 0. The van der Waals surface area contributed by atoms with Gasteiger partial charge in [0.15, 0.2) is 10.2 Å². The Bertz CT molecular complexity index is 611. The molecule has 0 aliphatic carbocycles. The summed E-state index contributed by atoms with van der Waals surface area (Å²) in [6, 6.07) is 0. The number of hydrogen-bond donors (Lipinski definition) is 4. The first kappa shape index (κ1) is 25.9. The Morgan fingerprint density at radius 2 is 1.13 bits per heavy atom. The van der Waals surface area contributed by atoms with Gasteiger partial charge in [0.25, 0.3) is 0 Å². The van der Waals surface area contributed by atoms with E-state index in [9.17, 15) is 0 Å². The van der Waals surface area contributed by atoms with Crippen LogP contribution in [0.2, 0.25) is 0 Å². The predicted octanol–water partition coefficient (Wildman–Crippen LogP) is 2.03. The number of thiocarbonyl (C=S) groups is 2. The van der Waals surface area contributed by atoms with Gasteiger partial charge in [-0.2, -0.15) is 10.2 Å². The maximum atomic E-state index is 5.30. The first-order valence-corrected chi connectivity index (χ1v) is 12.5. The zero-order valence-electron chi connectivity index (χ0n) is 19.2. The van der Waals surface area contributed by atoms with E-state index in [1.807, 2.05) is 13.8 Å². The highest BCUT2D eigenvalue weighted by atomic mass is 32.1. The van der Waals surface area contributed by atoms with Gasteiger partial charge in [0.05, 0.1) is 11.4 Å². The van der Waals surface area contributed by atoms with Crippen LogP contribution in [0.15, 0.2) is 10.2 Å². The van der Waals surface area contributed by atoms with E-state index in [-0.39, 0.29) is 0 Å². The Balaban J connectivity index is 1.55. The van der Waals surface area contributed by atoms with E-state index in [1.165, 1.54) is 64.7 Å². The van der Waals surface area contributed by atoms with Crippen LogP contribution in [0.1, 0.15) is 58.8 Å². The summed E-state index contributed by atoms with van der Waals surface area (Å²) >= 11 is 10.6. The quantitative estimate of drug-likeness (QED) is 0.168. The third kappa shape index (κ3) is 11.7. The van der Waals surface area contributed by atoms with E-state index in [0.29, 0.717) is 10.2 Å². The number of nitrogens with one attached hydrogen (secondary N) is 4. The maximum absolute atomic E-state index is 5.30. The highest BCUT2D eigenvalue weighted by Gasteiger charge is 2.10. The lowest BCUT2D eigenvalue weighted by atomic mass is 10.1. The fourth-order valence-corrected chi connectivity index (χ4v) is 4.00. The van der Waals surface area contributed by atoms with Crippen molar-refractivity contribution in [3.05, 3.63) is 0 Å². The molecule has 0 unspecified atom stereocenters. The van der Waals surface area contributed by atoms with Crippen LogP contribution in [0.5, 0.6) is 0 Å². The minimum atomic E-state index is 0.531. The summed E-state index contributed by atoms with van der Waals surface area (Å²) in [4.78, 5) is 5.00. The second-order valence-electron chi connectivity index (χ2n) is 8.29. The summed E-state index contributed by atoms with van der Waals surface area (Å²) in [6.45, 7) is 12.4. The van der Waals surface area contributed by atoms with E-state index >= 15 is 0 Å². The molecule has 0 aromatic carbocycles. The number of likely N-dealkylation sites (tertiary alicyclic amines) is 2. The van der Waals surface area contributed by atoms with Gasteiger partial charge in [0.1, 0.15) is 0 Å². The molecular formula is C21H40N8S2. The summed E-state index contributed by atoms with van der Waals surface area (Å²) in [5.74, 6) is 0. The van der Waals surface area contributed by atoms with Crippen LogP contribution in [-0.2, 0) is 0 Å². The van der Waals surface area contributed by atoms with E-state index in [0.717, 1.165) is 44.0 Å². The van der Waals surface area contributed by atoms with Crippen LogP contribution < -0.4 is 21.5 Å². The van der Waals surface area contributed by atoms with Crippen LogP contribution in [0, 0.1) is 0 Å². The Morgan fingerprint density at radius 3 is 1.65 bits per heavy atom. The van der Waals surface area contributed by atoms with Crippen LogP contribution in [0.3, 0.4) is 0 Å². The monoisotopic (exact) mass is 468 g/mol. The molecular weight excluding hydrogens is 428 g/mol. The fraction of sp³-hybridized carbons (Fsp3) is 0.810. The molecule has 31 heavy (non-hydrogen) atoms. The molecule has 0 aromatic rings. The van der Waals surface area contributed by atoms with Crippen molar-refractivity contribution in [1.82, 2.24) is 31.3 Å². The normalized spacial score (nSPS) is 19.0. The number of hydrogen-bond acceptors (Lipinski definition) is 6. The molecule has 176 valence electrons. The largest absolute Gasteiger partial charge is 0.361 e. The summed E-state index contributed by atoms with van der Waals surface area (Å²) in [5.41, 5.74) is 7.28. The molecule has 0 saturated carbocycles. The second-order valence-corrected chi connectivity index (χ2v) is 9.10. The zero-order valence-corrected chi connectivity index (χ0v) is 20.8. The molecule has 0 atom stereocenters. The highest BCUT2D eigenvalue weighted by molar-refractivity contribution is 7.80. The third-order valence-electron chi connectivity index (χ3n) is 5.72.